The quantitative estimate of drug-likeness (QED) is 0.874. The molecule has 1 aromatic heterocycles. The molecule has 1 heterocycles. The molecular formula is C13H15N3O2. The van der Waals surface area contributed by atoms with Gasteiger partial charge in [-0.15, -0.1) is 0 Å². The molecule has 94 valence electrons. The zero-order chi connectivity index (χ0) is 12.8. The van der Waals surface area contributed by atoms with Gasteiger partial charge in [0.25, 0.3) is 0 Å². The predicted octanol–water partition coefficient (Wildman–Crippen LogP) is 2.11. The SMILES string of the molecule is COc1ccc(NCc2ncccn2)cc1OC. The minimum atomic E-state index is 0.566. The van der Waals surface area contributed by atoms with Crippen LogP contribution >= 0.6 is 0 Å². The molecule has 0 saturated heterocycles. The van der Waals surface area contributed by atoms with Gasteiger partial charge in [0, 0.05) is 24.1 Å². The number of hydrogen-bond donors (Lipinski definition) is 1. The van der Waals surface area contributed by atoms with Gasteiger partial charge in [-0.25, -0.2) is 9.97 Å². The van der Waals surface area contributed by atoms with Gasteiger partial charge in [-0.05, 0) is 18.2 Å². The van der Waals surface area contributed by atoms with E-state index in [9.17, 15) is 0 Å². The van der Waals surface area contributed by atoms with Crippen molar-refractivity contribution in [2.75, 3.05) is 19.5 Å². The van der Waals surface area contributed by atoms with E-state index in [4.69, 9.17) is 9.47 Å². The lowest BCUT2D eigenvalue weighted by Gasteiger charge is -2.10. The van der Waals surface area contributed by atoms with Crippen LogP contribution < -0.4 is 14.8 Å². The molecule has 0 atom stereocenters. The van der Waals surface area contributed by atoms with Crippen molar-refractivity contribution in [1.82, 2.24) is 9.97 Å². The molecule has 5 nitrogen and oxygen atoms in total. The van der Waals surface area contributed by atoms with E-state index in [1.807, 2.05) is 18.2 Å². The molecule has 0 aliphatic carbocycles. The van der Waals surface area contributed by atoms with E-state index in [1.54, 1.807) is 32.7 Å². The third-order valence-corrected chi connectivity index (χ3v) is 2.45. The molecule has 0 amide bonds. The van der Waals surface area contributed by atoms with Crippen LogP contribution in [0.2, 0.25) is 0 Å². The van der Waals surface area contributed by atoms with Gasteiger partial charge in [-0.2, -0.15) is 0 Å². The molecule has 1 N–H and O–H groups in total. The number of hydrogen-bond acceptors (Lipinski definition) is 5. The van der Waals surface area contributed by atoms with Crippen LogP contribution in [-0.4, -0.2) is 24.2 Å². The number of ether oxygens (including phenoxy) is 2. The first-order valence-electron chi connectivity index (χ1n) is 5.55. The largest absolute Gasteiger partial charge is 0.493 e. The second-order valence-electron chi connectivity index (χ2n) is 3.59. The summed E-state index contributed by atoms with van der Waals surface area (Å²) in [5, 5.41) is 3.23. The molecule has 0 saturated carbocycles. The van der Waals surface area contributed by atoms with Crippen molar-refractivity contribution in [2.45, 2.75) is 6.54 Å². The van der Waals surface area contributed by atoms with E-state index in [-0.39, 0.29) is 0 Å². The van der Waals surface area contributed by atoms with E-state index >= 15 is 0 Å². The number of rotatable bonds is 5. The maximum Gasteiger partial charge on any atom is 0.162 e. The maximum absolute atomic E-state index is 5.23. The monoisotopic (exact) mass is 245 g/mol. The minimum absolute atomic E-state index is 0.566. The van der Waals surface area contributed by atoms with Crippen LogP contribution in [0, 0.1) is 0 Å². The Kier molecular flexibility index (Phi) is 3.96. The maximum atomic E-state index is 5.23. The van der Waals surface area contributed by atoms with Gasteiger partial charge >= 0.3 is 0 Å². The topological polar surface area (TPSA) is 56.3 Å². The van der Waals surface area contributed by atoms with Gasteiger partial charge in [0.15, 0.2) is 11.5 Å². The summed E-state index contributed by atoms with van der Waals surface area (Å²) >= 11 is 0. The molecule has 0 spiro atoms. The summed E-state index contributed by atoms with van der Waals surface area (Å²) < 4.78 is 10.4. The van der Waals surface area contributed by atoms with Crippen LogP contribution in [0.1, 0.15) is 5.82 Å². The molecule has 18 heavy (non-hydrogen) atoms. The highest BCUT2D eigenvalue weighted by Crippen LogP contribution is 2.29. The highest BCUT2D eigenvalue weighted by atomic mass is 16.5. The Morgan fingerprint density at radius 1 is 1.06 bits per heavy atom. The molecule has 2 aromatic rings. The summed E-state index contributed by atoms with van der Waals surface area (Å²) in [4.78, 5) is 8.28. The predicted molar refractivity (Wildman–Crippen MR) is 68.9 cm³/mol. The molecule has 5 heteroatoms. The fourth-order valence-corrected chi connectivity index (χ4v) is 1.55. The zero-order valence-corrected chi connectivity index (χ0v) is 10.4. The van der Waals surface area contributed by atoms with Gasteiger partial charge < -0.3 is 14.8 Å². The number of nitrogens with zero attached hydrogens (tertiary/aromatic N) is 2. The molecule has 0 aliphatic heterocycles. The zero-order valence-electron chi connectivity index (χ0n) is 10.4. The number of nitrogens with one attached hydrogen (secondary N) is 1. The summed E-state index contributed by atoms with van der Waals surface area (Å²) in [7, 11) is 3.23. The molecule has 0 radical (unpaired) electrons. The standard InChI is InChI=1S/C13H15N3O2/c1-17-11-5-4-10(8-12(11)18-2)16-9-13-14-6-3-7-15-13/h3-8,16H,9H2,1-2H3. The van der Waals surface area contributed by atoms with Gasteiger partial charge in [0.2, 0.25) is 0 Å². The summed E-state index contributed by atoms with van der Waals surface area (Å²) in [5.74, 6) is 2.14. The Morgan fingerprint density at radius 3 is 2.44 bits per heavy atom. The number of methoxy groups -OCH3 is 2. The van der Waals surface area contributed by atoms with Gasteiger partial charge in [-0.3, -0.25) is 0 Å². The second-order valence-corrected chi connectivity index (χ2v) is 3.59. The van der Waals surface area contributed by atoms with Crippen molar-refractivity contribution in [3.63, 3.8) is 0 Å². The molecule has 2 rings (SSSR count). The molecule has 0 aliphatic rings. The van der Waals surface area contributed by atoms with E-state index in [2.05, 4.69) is 15.3 Å². The lowest BCUT2D eigenvalue weighted by Crippen LogP contribution is -2.03. The summed E-state index contributed by atoms with van der Waals surface area (Å²) in [6.07, 6.45) is 3.44. The number of anilines is 1. The third kappa shape index (κ3) is 2.88. The highest BCUT2D eigenvalue weighted by Gasteiger charge is 2.04. The van der Waals surface area contributed by atoms with Crippen molar-refractivity contribution in [1.29, 1.82) is 0 Å². The Bertz CT molecular complexity index is 503. The van der Waals surface area contributed by atoms with E-state index < -0.39 is 0 Å². The van der Waals surface area contributed by atoms with Crippen LogP contribution in [0.25, 0.3) is 0 Å². The summed E-state index contributed by atoms with van der Waals surface area (Å²) in [5.41, 5.74) is 0.931. The normalized spacial score (nSPS) is 9.89. The lowest BCUT2D eigenvalue weighted by molar-refractivity contribution is 0.355. The van der Waals surface area contributed by atoms with Gasteiger partial charge in [0.05, 0.1) is 20.8 Å². The van der Waals surface area contributed by atoms with Crippen molar-refractivity contribution in [3.05, 3.63) is 42.5 Å². The van der Waals surface area contributed by atoms with Crippen molar-refractivity contribution >= 4 is 5.69 Å². The van der Waals surface area contributed by atoms with Crippen LogP contribution in [-0.2, 0) is 6.54 Å². The Morgan fingerprint density at radius 2 is 1.78 bits per heavy atom. The lowest BCUT2D eigenvalue weighted by atomic mass is 10.2. The van der Waals surface area contributed by atoms with Crippen molar-refractivity contribution in [2.24, 2.45) is 0 Å². The van der Waals surface area contributed by atoms with Crippen LogP contribution in [0.3, 0.4) is 0 Å². The summed E-state index contributed by atoms with van der Waals surface area (Å²) in [6.45, 7) is 0.566. The van der Waals surface area contributed by atoms with Crippen LogP contribution in [0.15, 0.2) is 36.7 Å². The number of benzene rings is 1. The number of aromatic nitrogens is 2. The Labute approximate surface area is 106 Å². The Balaban J connectivity index is 2.06. The molecule has 0 unspecified atom stereocenters. The van der Waals surface area contributed by atoms with Gasteiger partial charge in [-0.1, -0.05) is 0 Å². The fourth-order valence-electron chi connectivity index (χ4n) is 1.55. The van der Waals surface area contributed by atoms with Crippen LogP contribution in [0.4, 0.5) is 5.69 Å². The van der Waals surface area contributed by atoms with E-state index in [1.165, 1.54) is 0 Å². The average molecular weight is 245 g/mol. The third-order valence-electron chi connectivity index (χ3n) is 2.45. The first kappa shape index (κ1) is 12.2. The van der Waals surface area contributed by atoms with E-state index in [0.717, 1.165) is 11.5 Å². The fraction of sp³-hybridized carbons (Fsp3) is 0.231. The minimum Gasteiger partial charge on any atom is -0.493 e. The smallest absolute Gasteiger partial charge is 0.162 e. The first-order valence-corrected chi connectivity index (χ1v) is 5.55. The van der Waals surface area contributed by atoms with E-state index in [0.29, 0.717) is 18.0 Å². The Hall–Kier alpha value is -2.30. The first-order chi connectivity index (χ1) is 8.83. The van der Waals surface area contributed by atoms with Crippen molar-refractivity contribution in [3.8, 4) is 11.5 Å². The molecule has 1 aromatic carbocycles. The van der Waals surface area contributed by atoms with Crippen LogP contribution in [0.5, 0.6) is 11.5 Å². The molecular weight excluding hydrogens is 230 g/mol. The summed E-state index contributed by atoms with van der Waals surface area (Å²) in [6, 6.07) is 7.44. The highest BCUT2D eigenvalue weighted by molar-refractivity contribution is 5.54. The second kappa shape index (κ2) is 5.86. The molecule has 0 bridgehead atoms. The average Bonchev–Trinajstić information content (AvgIpc) is 2.45. The van der Waals surface area contributed by atoms with Gasteiger partial charge in [0.1, 0.15) is 5.82 Å². The molecule has 0 fully saturated rings. The van der Waals surface area contributed by atoms with Crippen molar-refractivity contribution < 1.29 is 9.47 Å².